The van der Waals surface area contributed by atoms with Gasteiger partial charge >= 0.3 is 0 Å². The maximum atomic E-state index is 12.0. The van der Waals surface area contributed by atoms with Crippen LogP contribution in [0.4, 0.5) is 5.69 Å². The van der Waals surface area contributed by atoms with E-state index in [4.69, 9.17) is 0 Å². The molecule has 0 saturated heterocycles. The fraction of sp³-hybridized carbons (Fsp3) is 0.235. The molecule has 0 radical (unpaired) electrons. The standard InChI is InChI=1S/C17H17N7O4S/c1-9-10(2)18-16-19-17(22-23(16)11(9)3)29-8-14(25)20-21-15(26)12-5-4-6-13(7-12)24(27)28/h4-7H,8H2,1-3H3,(H,20,25)(H,21,26). The highest BCUT2D eigenvalue weighted by atomic mass is 32.2. The normalized spacial score (nSPS) is 10.7. The molecule has 12 heteroatoms. The van der Waals surface area contributed by atoms with Crippen molar-refractivity contribution >= 4 is 35.0 Å². The molecular weight excluding hydrogens is 398 g/mol. The van der Waals surface area contributed by atoms with Gasteiger partial charge in [-0.1, -0.05) is 17.8 Å². The first-order valence-corrected chi connectivity index (χ1v) is 9.42. The average molecular weight is 415 g/mol. The Bertz CT molecular complexity index is 1130. The zero-order valence-corrected chi connectivity index (χ0v) is 16.6. The summed E-state index contributed by atoms with van der Waals surface area (Å²) in [6.07, 6.45) is 0. The van der Waals surface area contributed by atoms with Crippen LogP contribution in [0.15, 0.2) is 29.4 Å². The van der Waals surface area contributed by atoms with Crippen molar-refractivity contribution in [2.24, 2.45) is 0 Å². The Labute approximate surface area is 169 Å². The third-order valence-corrected chi connectivity index (χ3v) is 5.05. The van der Waals surface area contributed by atoms with E-state index in [1.165, 1.54) is 18.2 Å². The summed E-state index contributed by atoms with van der Waals surface area (Å²) in [7, 11) is 0. The second-order valence-corrected chi connectivity index (χ2v) is 7.05. The number of nitrogens with zero attached hydrogens (tertiary/aromatic N) is 5. The molecule has 2 heterocycles. The third kappa shape index (κ3) is 4.48. The number of benzene rings is 1. The number of fused-ring (bicyclic) bond motifs is 1. The molecule has 0 aliphatic carbocycles. The highest BCUT2D eigenvalue weighted by molar-refractivity contribution is 7.99. The number of non-ortho nitro benzene ring substituents is 1. The predicted molar refractivity (Wildman–Crippen MR) is 104 cm³/mol. The Balaban J connectivity index is 1.57. The fourth-order valence-corrected chi connectivity index (χ4v) is 3.04. The number of nitrogens with one attached hydrogen (secondary N) is 2. The molecule has 150 valence electrons. The number of hydrazine groups is 1. The van der Waals surface area contributed by atoms with Gasteiger partial charge in [-0.25, -0.2) is 9.50 Å². The number of amides is 2. The smallest absolute Gasteiger partial charge is 0.270 e. The van der Waals surface area contributed by atoms with E-state index in [0.29, 0.717) is 10.9 Å². The summed E-state index contributed by atoms with van der Waals surface area (Å²) in [5, 5.41) is 15.5. The summed E-state index contributed by atoms with van der Waals surface area (Å²) in [6.45, 7) is 5.75. The molecule has 11 nitrogen and oxygen atoms in total. The van der Waals surface area contributed by atoms with Crippen LogP contribution in [0.5, 0.6) is 0 Å². The number of hydrogen-bond donors (Lipinski definition) is 2. The fourth-order valence-electron chi connectivity index (χ4n) is 2.42. The number of thioether (sulfide) groups is 1. The van der Waals surface area contributed by atoms with Crippen molar-refractivity contribution < 1.29 is 14.5 Å². The quantitative estimate of drug-likeness (QED) is 0.362. The number of rotatable bonds is 5. The molecule has 3 aromatic rings. The van der Waals surface area contributed by atoms with Crippen molar-refractivity contribution in [3.8, 4) is 0 Å². The van der Waals surface area contributed by atoms with E-state index in [9.17, 15) is 19.7 Å². The van der Waals surface area contributed by atoms with Gasteiger partial charge in [0, 0.05) is 29.1 Å². The Morgan fingerprint density at radius 1 is 1.21 bits per heavy atom. The van der Waals surface area contributed by atoms with E-state index in [2.05, 4.69) is 25.9 Å². The van der Waals surface area contributed by atoms with Crippen LogP contribution in [0.25, 0.3) is 5.78 Å². The van der Waals surface area contributed by atoms with Gasteiger partial charge in [0.1, 0.15) is 0 Å². The van der Waals surface area contributed by atoms with E-state index in [1.54, 1.807) is 4.52 Å². The van der Waals surface area contributed by atoms with Gasteiger partial charge in [-0.2, -0.15) is 4.98 Å². The lowest BCUT2D eigenvalue weighted by Gasteiger charge is -2.06. The minimum absolute atomic E-state index is 0.0386. The molecule has 0 atom stereocenters. The first-order chi connectivity index (χ1) is 13.8. The lowest BCUT2D eigenvalue weighted by atomic mass is 10.2. The van der Waals surface area contributed by atoms with Crippen LogP contribution < -0.4 is 10.9 Å². The molecule has 0 aliphatic heterocycles. The predicted octanol–water partition coefficient (Wildman–Crippen LogP) is 1.51. The summed E-state index contributed by atoms with van der Waals surface area (Å²) in [4.78, 5) is 42.8. The van der Waals surface area contributed by atoms with Crippen LogP contribution in [-0.2, 0) is 4.79 Å². The molecule has 1 aromatic carbocycles. The number of nitro benzene ring substituents is 1. The zero-order valence-electron chi connectivity index (χ0n) is 15.8. The Morgan fingerprint density at radius 2 is 1.97 bits per heavy atom. The van der Waals surface area contributed by atoms with Crippen LogP contribution in [0.3, 0.4) is 0 Å². The van der Waals surface area contributed by atoms with E-state index < -0.39 is 16.7 Å². The summed E-state index contributed by atoms with van der Waals surface area (Å²) < 4.78 is 1.62. The number of aryl methyl sites for hydroxylation is 2. The van der Waals surface area contributed by atoms with Crippen molar-refractivity contribution in [1.29, 1.82) is 0 Å². The molecule has 0 fully saturated rings. The second-order valence-electron chi connectivity index (χ2n) is 6.11. The molecule has 29 heavy (non-hydrogen) atoms. The molecule has 2 amide bonds. The van der Waals surface area contributed by atoms with Gasteiger partial charge in [-0.15, -0.1) is 5.10 Å². The van der Waals surface area contributed by atoms with E-state index in [1.807, 2.05) is 20.8 Å². The minimum atomic E-state index is -0.663. The first kappa shape index (κ1) is 20.2. The Kier molecular flexibility index (Phi) is 5.73. The van der Waals surface area contributed by atoms with Gasteiger partial charge < -0.3 is 0 Å². The maximum Gasteiger partial charge on any atom is 0.270 e. The van der Waals surface area contributed by atoms with E-state index >= 15 is 0 Å². The summed E-state index contributed by atoms with van der Waals surface area (Å²) in [5.41, 5.74) is 7.11. The molecule has 2 N–H and O–H groups in total. The SMILES string of the molecule is Cc1nc2nc(SCC(=O)NNC(=O)c3cccc([N+](=O)[O-])c3)nn2c(C)c1C. The average Bonchev–Trinajstić information content (AvgIpc) is 3.11. The van der Waals surface area contributed by atoms with Crippen molar-refractivity contribution in [2.75, 3.05) is 5.75 Å². The molecule has 0 bridgehead atoms. The van der Waals surface area contributed by atoms with Gasteiger partial charge in [-0.05, 0) is 32.4 Å². The van der Waals surface area contributed by atoms with Gasteiger partial charge in [0.25, 0.3) is 17.4 Å². The molecular formula is C17H17N7O4S. The van der Waals surface area contributed by atoms with Gasteiger partial charge in [0.15, 0.2) is 0 Å². The molecule has 0 spiro atoms. The topological polar surface area (TPSA) is 144 Å². The van der Waals surface area contributed by atoms with Crippen LogP contribution >= 0.6 is 11.8 Å². The monoisotopic (exact) mass is 415 g/mol. The summed E-state index contributed by atoms with van der Waals surface area (Å²) >= 11 is 1.09. The van der Waals surface area contributed by atoms with Crippen molar-refractivity contribution in [1.82, 2.24) is 30.4 Å². The largest absolute Gasteiger partial charge is 0.272 e. The first-order valence-electron chi connectivity index (χ1n) is 8.43. The maximum absolute atomic E-state index is 12.0. The number of aromatic nitrogens is 4. The van der Waals surface area contributed by atoms with E-state index in [0.717, 1.165) is 34.8 Å². The number of hydrogen-bond acceptors (Lipinski definition) is 8. The summed E-state index contributed by atoms with van der Waals surface area (Å²) in [6, 6.07) is 5.19. The second kappa shape index (κ2) is 8.22. The lowest BCUT2D eigenvalue weighted by Crippen LogP contribution is -2.42. The zero-order chi connectivity index (χ0) is 21.1. The molecule has 0 saturated carbocycles. The van der Waals surface area contributed by atoms with E-state index in [-0.39, 0.29) is 17.0 Å². The highest BCUT2D eigenvalue weighted by Gasteiger charge is 2.14. The van der Waals surface area contributed by atoms with Crippen LogP contribution in [0, 0.1) is 30.9 Å². The molecule has 0 unspecified atom stereocenters. The third-order valence-electron chi connectivity index (χ3n) is 4.21. The van der Waals surface area contributed by atoms with Gasteiger partial charge in [-0.3, -0.25) is 30.6 Å². The van der Waals surface area contributed by atoms with Gasteiger partial charge in [0.05, 0.1) is 10.7 Å². The lowest BCUT2D eigenvalue weighted by molar-refractivity contribution is -0.384. The minimum Gasteiger partial charge on any atom is -0.272 e. The molecule has 0 aliphatic rings. The molecule has 3 rings (SSSR count). The summed E-state index contributed by atoms with van der Waals surface area (Å²) in [5.74, 6) is -0.732. The van der Waals surface area contributed by atoms with Crippen LogP contribution in [0.2, 0.25) is 0 Å². The van der Waals surface area contributed by atoms with Crippen molar-refractivity contribution in [3.05, 3.63) is 56.9 Å². The van der Waals surface area contributed by atoms with Crippen LogP contribution in [-0.4, -0.2) is 42.1 Å². The Hall–Kier alpha value is -3.54. The Morgan fingerprint density at radius 3 is 2.69 bits per heavy atom. The number of carbonyl (C=O) groups excluding carboxylic acids is 2. The van der Waals surface area contributed by atoms with Crippen LogP contribution in [0.1, 0.15) is 27.3 Å². The number of carbonyl (C=O) groups is 2. The number of nitro groups is 1. The highest BCUT2D eigenvalue weighted by Crippen LogP contribution is 2.17. The van der Waals surface area contributed by atoms with Gasteiger partial charge in [0.2, 0.25) is 11.1 Å². The van der Waals surface area contributed by atoms with Crippen molar-refractivity contribution in [3.63, 3.8) is 0 Å². The van der Waals surface area contributed by atoms with Crippen molar-refractivity contribution in [2.45, 2.75) is 25.9 Å². The molecule has 2 aromatic heterocycles.